The Balaban J connectivity index is 1.32. The molecule has 24 heavy (non-hydrogen) atoms. The predicted octanol–water partition coefficient (Wildman–Crippen LogP) is 2.65. The Kier molecular flexibility index (Phi) is 4.34. The topological polar surface area (TPSA) is 67.2 Å². The number of hydrogen-bond donors (Lipinski definition) is 2. The van der Waals surface area contributed by atoms with E-state index in [-0.39, 0.29) is 11.9 Å². The van der Waals surface area contributed by atoms with E-state index in [0.29, 0.717) is 17.7 Å². The molecule has 2 aliphatic rings. The van der Waals surface area contributed by atoms with Crippen molar-refractivity contribution in [3.63, 3.8) is 0 Å². The molecule has 1 saturated carbocycles. The number of amides is 1. The summed E-state index contributed by atoms with van der Waals surface area (Å²) in [7, 11) is 0. The van der Waals surface area contributed by atoms with E-state index in [2.05, 4.69) is 40.1 Å². The average molecular weight is 325 g/mol. The van der Waals surface area contributed by atoms with Gasteiger partial charge in [-0.3, -0.25) is 4.79 Å². The van der Waals surface area contributed by atoms with E-state index in [1.807, 2.05) is 6.07 Å². The zero-order chi connectivity index (χ0) is 16.4. The fourth-order valence-corrected chi connectivity index (χ4v) is 3.41. The molecular formula is C19H23N3O2. The molecule has 4 rings (SSSR count). The third-order valence-corrected chi connectivity index (χ3v) is 4.90. The molecule has 0 bridgehead atoms. The molecule has 2 N–H and O–H groups in total. The number of rotatable bonds is 5. The summed E-state index contributed by atoms with van der Waals surface area (Å²) in [6.45, 7) is 0.925. The molecule has 5 heteroatoms. The van der Waals surface area contributed by atoms with Gasteiger partial charge in [-0.15, -0.1) is 0 Å². The Hall–Kier alpha value is -2.14. The lowest BCUT2D eigenvalue weighted by Crippen LogP contribution is -2.48. The number of piperidine rings is 1. The standard InChI is InChI=1S/C19H23N3O2/c23-19(17-12-18(24-22-17)14-6-7-14)21-15-8-9-20-16(11-15)10-13-4-2-1-3-5-13/h1-5,12,14-16,20H,6-11H2,(H,21,23)/t15-,16-/m0/s1. The van der Waals surface area contributed by atoms with E-state index in [1.54, 1.807) is 6.07 Å². The zero-order valence-corrected chi connectivity index (χ0v) is 13.7. The van der Waals surface area contributed by atoms with Crippen molar-refractivity contribution in [3.05, 3.63) is 53.4 Å². The van der Waals surface area contributed by atoms with E-state index in [1.165, 1.54) is 5.56 Å². The number of benzene rings is 1. The van der Waals surface area contributed by atoms with Crippen LogP contribution in [-0.2, 0) is 6.42 Å². The molecule has 1 amide bonds. The van der Waals surface area contributed by atoms with Gasteiger partial charge in [-0.2, -0.15) is 0 Å². The predicted molar refractivity (Wildman–Crippen MR) is 90.9 cm³/mol. The van der Waals surface area contributed by atoms with Gasteiger partial charge in [-0.1, -0.05) is 35.5 Å². The minimum atomic E-state index is -0.115. The van der Waals surface area contributed by atoms with Gasteiger partial charge in [0.25, 0.3) is 5.91 Å². The van der Waals surface area contributed by atoms with Gasteiger partial charge in [0.15, 0.2) is 5.69 Å². The SMILES string of the molecule is O=C(N[C@H]1CCN[C@@H](Cc2ccccc2)C1)c1cc(C2CC2)on1. The summed E-state index contributed by atoms with van der Waals surface area (Å²) < 4.78 is 5.28. The molecule has 1 aromatic heterocycles. The zero-order valence-electron chi connectivity index (χ0n) is 13.7. The molecule has 2 heterocycles. The molecule has 1 aliphatic carbocycles. The first-order valence-electron chi connectivity index (χ1n) is 8.83. The maximum atomic E-state index is 12.4. The van der Waals surface area contributed by atoms with Gasteiger partial charge in [0.1, 0.15) is 5.76 Å². The molecule has 1 aromatic carbocycles. The third-order valence-electron chi connectivity index (χ3n) is 4.90. The second-order valence-electron chi connectivity index (χ2n) is 6.92. The Labute approximate surface area is 141 Å². The minimum absolute atomic E-state index is 0.115. The first kappa shape index (κ1) is 15.4. The van der Waals surface area contributed by atoms with Crippen LogP contribution in [0.3, 0.4) is 0 Å². The number of nitrogens with one attached hydrogen (secondary N) is 2. The van der Waals surface area contributed by atoms with Crippen molar-refractivity contribution < 1.29 is 9.32 Å². The molecule has 2 atom stereocenters. The fraction of sp³-hybridized carbons (Fsp3) is 0.474. The van der Waals surface area contributed by atoms with Gasteiger partial charge in [-0.25, -0.2) is 0 Å². The van der Waals surface area contributed by atoms with E-state index < -0.39 is 0 Å². The van der Waals surface area contributed by atoms with E-state index in [9.17, 15) is 4.79 Å². The number of hydrogen-bond acceptors (Lipinski definition) is 4. The fourth-order valence-electron chi connectivity index (χ4n) is 3.41. The number of carbonyl (C=O) groups excluding carboxylic acids is 1. The van der Waals surface area contributed by atoms with Gasteiger partial charge < -0.3 is 15.2 Å². The lowest BCUT2D eigenvalue weighted by Gasteiger charge is -2.30. The summed E-state index contributed by atoms with van der Waals surface area (Å²) in [5.74, 6) is 1.22. The monoisotopic (exact) mass is 325 g/mol. The van der Waals surface area contributed by atoms with E-state index >= 15 is 0 Å². The van der Waals surface area contributed by atoms with Crippen molar-refractivity contribution in [1.29, 1.82) is 0 Å². The van der Waals surface area contributed by atoms with Crippen LogP contribution >= 0.6 is 0 Å². The van der Waals surface area contributed by atoms with Crippen LogP contribution in [0.4, 0.5) is 0 Å². The molecular weight excluding hydrogens is 302 g/mol. The first-order valence-corrected chi connectivity index (χ1v) is 8.83. The Morgan fingerprint density at radius 1 is 1.25 bits per heavy atom. The highest BCUT2D eigenvalue weighted by Gasteiger charge is 2.30. The number of aromatic nitrogens is 1. The quantitative estimate of drug-likeness (QED) is 0.887. The second kappa shape index (κ2) is 6.77. The molecule has 5 nitrogen and oxygen atoms in total. The van der Waals surface area contributed by atoms with Gasteiger partial charge in [0, 0.05) is 24.1 Å². The maximum Gasteiger partial charge on any atom is 0.273 e. The average Bonchev–Trinajstić information content (AvgIpc) is 3.33. The van der Waals surface area contributed by atoms with Crippen LogP contribution in [0.15, 0.2) is 40.9 Å². The van der Waals surface area contributed by atoms with Crippen LogP contribution < -0.4 is 10.6 Å². The highest BCUT2D eigenvalue weighted by atomic mass is 16.5. The van der Waals surface area contributed by atoms with Crippen LogP contribution in [-0.4, -0.2) is 29.7 Å². The van der Waals surface area contributed by atoms with Gasteiger partial charge in [0.2, 0.25) is 0 Å². The minimum Gasteiger partial charge on any atom is -0.360 e. The van der Waals surface area contributed by atoms with Gasteiger partial charge in [-0.05, 0) is 44.2 Å². The van der Waals surface area contributed by atoms with Crippen molar-refractivity contribution in [2.45, 2.75) is 50.1 Å². The molecule has 2 aromatic rings. The lowest BCUT2D eigenvalue weighted by atomic mass is 9.94. The van der Waals surface area contributed by atoms with Crippen LogP contribution in [0, 0.1) is 0 Å². The molecule has 126 valence electrons. The third kappa shape index (κ3) is 3.67. The van der Waals surface area contributed by atoms with Crippen molar-refractivity contribution in [3.8, 4) is 0 Å². The summed E-state index contributed by atoms with van der Waals surface area (Å²) in [5, 5.41) is 10.6. The summed E-state index contributed by atoms with van der Waals surface area (Å²) >= 11 is 0. The van der Waals surface area contributed by atoms with Gasteiger partial charge in [0.05, 0.1) is 0 Å². The smallest absolute Gasteiger partial charge is 0.273 e. The second-order valence-corrected chi connectivity index (χ2v) is 6.92. The van der Waals surface area contributed by atoms with Crippen LogP contribution in [0.1, 0.15) is 53.4 Å². The highest BCUT2D eigenvalue weighted by Crippen LogP contribution is 2.40. The lowest BCUT2D eigenvalue weighted by molar-refractivity contribution is 0.0915. The highest BCUT2D eigenvalue weighted by molar-refractivity contribution is 5.92. The van der Waals surface area contributed by atoms with Crippen molar-refractivity contribution in [1.82, 2.24) is 15.8 Å². The van der Waals surface area contributed by atoms with Crippen LogP contribution in [0.5, 0.6) is 0 Å². The maximum absolute atomic E-state index is 12.4. The Bertz CT molecular complexity index is 694. The van der Waals surface area contributed by atoms with Crippen LogP contribution in [0.2, 0.25) is 0 Å². The molecule has 0 radical (unpaired) electrons. The number of carbonyl (C=O) groups is 1. The molecule has 1 saturated heterocycles. The summed E-state index contributed by atoms with van der Waals surface area (Å²) in [5.41, 5.74) is 1.74. The Morgan fingerprint density at radius 3 is 2.88 bits per heavy atom. The van der Waals surface area contributed by atoms with Crippen molar-refractivity contribution in [2.24, 2.45) is 0 Å². The first-order chi connectivity index (χ1) is 11.8. The molecule has 0 unspecified atom stereocenters. The molecule has 0 spiro atoms. The van der Waals surface area contributed by atoms with Crippen LogP contribution in [0.25, 0.3) is 0 Å². The normalized spacial score (nSPS) is 23.8. The summed E-state index contributed by atoms with van der Waals surface area (Å²) in [6, 6.07) is 12.9. The number of nitrogens with zero attached hydrogens (tertiary/aromatic N) is 1. The largest absolute Gasteiger partial charge is 0.360 e. The van der Waals surface area contributed by atoms with Crippen molar-refractivity contribution in [2.75, 3.05) is 6.54 Å². The molecule has 2 fully saturated rings. The van der Waals surface area contributed by atoms with E-state index in [0.717, 1.165) is 44.4 Å². The summed E-state index contributed by atoms with van der Waals surface area (Å²) in [6.07, 6.45) is 5.17. The van der Waals surface area contributed by atoms with Crippen molar-refractivity contribution >= 4 is 5.91 Å². The van der Waals surface area contributed by atoms with E-state index in [4.69, 9.17) is 4.52 Å². The Morgan fingerprint density at radius 2 is 2.08 bits per heavy atom. The summed E-state index contributed by atoms with van der Waals surface area (Å²) in [4.78, 5) is 12.4. The molecule has 1 aliphatic heterocycles. The van der Waals surface area contributed by atoms with Gasteiger partial charge >= 0.3 is 0 Å².